The molecule has 0 radical (unpaired) electrons. The van der Waals surface area contributed by atoms with Crippen LogP contribution in [0.4, 0.5) is 10.1 Å². The van der Waals surface area contributed by atoms with Gasteiger partial charge in [0.2, 0.25) is 5.91 Å². The van der Waals surface area contributed by atoms with Crippen molar-refractivity contribution in [1.29, 1.82) is 0 Å². The number of benzene rings is 1. The first-order valence-corrected chi connectivity index (χ1v) is 7.87. The molecule has 2 atom stereocenters. The molecule has 23 heavy (non-hydrogen) atoms. The van der Waals surface area contributed by atoms with Crippen LogP contribution in [0.25, 0.3) is 0 Å². The van der Waals surface area contributed by atoms with Crippen molar-refractivity contribution in [2.75, 3.05) is 18.4 Å². The molecule has 0 bridgehead atoms. The number of nitrogens with one attached hydrogen (secondary N) is 1. The molecule has 6 heteroatoms. The van der Waals surface area contributed by atoms with Crippen LogP contribution in [0.1, 0.15) is 37.0 Å². The average molecular weight is 322 g/mol. The van der Waals surface area contributed by atoms with E-state index >= 15 is 0 Å². The molecule has 0 aromatic heterocycles. The van der Waals surface area contributed by atoms with Gasteiger partial charge in [0.1, 0.15) is 6.17 Å². The van der Waals surface area contributed by atoms with Gasteiger partial charge in [0.15, 0.2) is 0 Å². The Hall–Kier alpha value is -2.11. The van der Waals surface area contributed by atoms with Gasteiger partial charge in [0.05, 0.1) is 18.2 Å². The molecule has 1 heterocycles. The van der Waals surface area contributed by atoms with Crippen molar-refractivity contribution in [2.24, 2.45) is 5.92 Å². The van der Waals surface area contributed by atoms with Gasteiger partial charge in [-0.2, -0.15) is 0 Å². The summed E-state index contributed by atoms with van der Waals surface area (Å²) < 4.78 is 13.7. The lowest BCUT2D eigenvalue weighted by molar-refractivity contribution is -0.132. The maximum Gasteiger partial charge on any atom is 0.335 e. The normalized spacial score (nSPS) is 20.8. The van der Waals surface area contributed by atoms with E-state index in [4.69, 9.17) is 5.11 Å². The molecule has 0 unspecified atom stereocenters. The summed E-state index contributed by atoms with van der Waals surface area (Å²) in [6.07, 6.45) is -0.215. The first-order chi connectivity index (χ1) is 10.9. The SMILES string of the molecule is CC(C)CC(=O)N1C[C@@H](F)C[C@H]1CNc1ccc(C(=O)O)cc1. The predicted molar refractivity (Wildman–Crippen MR) is 86.4 cm³/mol. The second kappa shape index (κ2) is 7.44. The minimum Gasteiger partial charge on any atom is -0.478 e. The van der Waals surface area contributed by atoms with Gasteiger partial charge in [0, 0.05) is 25.1 Å². The van der Waals surface area contributed by atoms with Gasteiger partial charge in [-0.1, -0.05) is 13.8 Å². The highest BCUT2D eigenvalue weighted by molar-refractivity contribution is 5.88. The van der Waals surface area contributed by atoms with Gasteiger partial charge in [-0.25, -0.2) is 9.18 Å². The number of aromatic carboxylic acids is 1. The number of carbonyl (C=O) groups is 2. The van der Waals surface area contributed by atoms with E-state index in [2.05, 4.69) is 5.32 Å². The van der Waals surface area contributed by atoms with Crippen LogP contribution >= 0.6 is 0 Å². The highest BCUT2D eigenvalue weighted by Crippen LogP contribution is 2.23. The molecule has 126 valence electrons. The summed E-state index contributed by atoms with van der Waals surface area (Å²) >= 11 is 0. The Labute approximate surface area is 135 Å². The van der Waals surface area contributed by atoms with E-state index in [1.165, 1.54) is 12.1 Å². The smallest absolute Gasteiger partial charge is 0.335 e. The number of hydrogen-bond donors (Lipinski definition) is 2. The van der Waals surface area contributed by atoms with Crippen molar-refractivity contribution < 1.29 is 19.1 Å². The van der Waals surface area contributed by atoms with Crippen molar-refractivity contribution in [3.63, 3.8) is 0 Å². The first-order valence-electron chi connectivity index (χ1n) is 7.87. The van der Waals surface area contributed by atoms with E-state index in [1.807, 2.05) is 13.8 Å². The molecular formula is C17H23FN2O3. The van der Waals surface area contributed by atoms with Crippen molar-refractivity contribution in [3.8, 4) is 0 Å². The summed E-state index contributed by atoms with van der Waals surface area (Å²) in [5, 5.41) is 12.0. The number of rotatable bonds is 6. The van der Waals surface area contributed by atoms with Crippen LogP contribution in [0.3, 0.4) is 0 Å². The monoisotopic (exact) mass is 322 g/mol. The third kappa shape index (κ3) is 4.68. The Morgan fingerprint density at radius 2 is 2.00 bits per heavy atom. The van der Waals surface area contributed by atoms with Gasteiger partial charge in [-0.3, -0.25) is 4.79 Å². The van der Waals surface area contributed by atoms with E-state index < -0.39 is 12.1 Å². The summed E-state index contributed by atoms with van der Waals surface area (Å²) in [6, 6.07) is 6.20. The lowest BCUT2D eigenvalue weighted by Gasteiger charge is -2.25. The second-order valence-electron chi connectivity index (χ2n) is 6.39. The molecule has 2 rings (SSSR count). The molecule has 1 saturated heterocycles. The van der Waals surface area contributed by atoms with E-state index in [0.717, 1.165) is 5.69 Å². The largest absolute Gasteiger partial charge is 0.478 e. The number of alkyl halides is 1. The second-order valence-corrected chi connectivity index (χ2v) is 6.39. The summed E-state index contributed by atoms with van der Waals surface area (Å²) in [6.45, 7) is 4.56. The van der Waals surface area contributed by atoms with Gasteiger partial charge in [0.25, 0.3) is 0 Å². The Kier molecular flexibility index (Phi) is 5.58. The highest BCUT2D eigenvalue weighted by Gasteiger charge is 2.35. The molecule has 1 fully saturated rings. The summed E-state index contributed by atoms with van der Waals surface area (Å²) in [5.74, 6) is -0.732. The first kappa shape index (κ1) is 17.2. The maximum absolute atomic E-state index is 13.7. The molecule has 1 aromatic rings. The molecule has 2 N–H and O–H groups in total. The fourth-order valence-electron chi connectivity index (χ4n) is 2.79. The maximum atomic E-state index is 13.7. The number of carbonyl (C=O) groups excluding carboxylic acids is 1. The third-order valence-electron chi connectivity index (χ3n) is 3.94. The number of likely N-dealkylation sites (tertiary alicyclic amines) is 1. The number of carboxylic acids is 1. The highest BCUT2D eigenvalue weighted by atomic mass is 19.1. The van der Waals surface area contributed by atoms with Crippen LogP contribution in [-0.4, -0.2) is 47.2 Å². The number of hydrogen-bond acceptors (Lipinski definition) is 3. The van der Waals surface area contributed by atoms with Gasteiger partial charge < -0.3 is 15.3 Å². The fraction of sp³-hybridized carbons (Fsp3) is 0.529. The predicted octanol–water partition coefficient (Wildman–Crippen LogP) is 2.78. The number of nitrogens with zero attached hydrogens (tertiary/aromatic N) is 1. The number of carboxylic acid groups (broad SMARTS) is 1. The van der Waals surface area contributed by atoms with Crippen LogP contribution in [0.5, 0.6) is 0 Å². The Morgan fingerprint density at radius 1 is 1.35 bits per heavy atom. The van der Waals surface area contributed by atoms with Gasteiger partial charge >= 0.3 is 5.97 Å². The Morgan fingerprint density at radius 3 is 2.57 bits per heavy atom. The summed E-state index contributed by atoms with van der Waals surface area (Å²) in [4.78, 5) is 24.7. The average Bonchev–Trinajstić information content (AvgIpc) is 2.86. The number of amides is 1. The van der Waals surface area contributed by atoms with Crippen LogP contribution in [0, 0.1) is 5.92 Å². The van der Waals surface area contributed by atoms with Crippen molar-refractivity contribution in [1.82, 2.24) is 4.90 Å². The summed E-state index contributed by atoms with van der Waals surface area (Å²) in [5.41, 5.74) is 0.975. The lowest BCUT2D eigenvalue weighted by Crippen LogP contribution is -2.40. The van der Waals surface area contributed by atoms with Crippen LogP contribution in [-0.2, 0) is 4.79 Å². The molecule has 0 saturated carbocycles. The molecule has 5 nitrogen and oxygen atoms in total. The van der Waals surface area contributed by atoms with E-state index in [9.17, 15) is 14.0 Å². The van der Waals surface area contributed by atoms with Crippen LogP contribution < -0.4 is 5.32 Å². The quantitative estimate of drug-likeness (QED) is 0.845. The van der Waals surface area contributed by atoms with Crippen LogP contribution in [0.15, 0.2) is 24.3 Å². The van der Waals surface area contributed by atoms with Gasteiger partial charge in [-0.05, 0) is 30.2 Å². The number of halogens is 1. The zero-order chi connectivity index (χ0) is 17.0. The van der Waals surface area contributed by atoms with Crippen molar-refractivity contribution in [3.05, 3.63) is 29.8 Å². The minimum atomic E-state index is -0.979. The zero-order valence-electron chi connectivity index (χ0n) is 13.5. The Bertz CT molecular complexity index is 559. The molecule has 1 amide bonds. The minimum absolute atomic E-state index is 0.00632. The lowest BCUT2D eigenvalue weighted by atomic mass is 10.1. The topological polar surface area (TPSA) is 69.6 Å². The fourth-order valence-corrected chi connectivity index (χ4v) is 2.79. The molecule has 1 aliphatic heterocycles. The molecule has 1 aromatic carbocycles. The van der Waals surface area contributed by atoms with Crippen molar-refractivity contribution in [2.45, 2.75) is 38.9 Å². The third-order valence-corrected chi connectivity index (χ3v) is 3.94. The van der Waals surface area contributed by atoms with E-state index in [0.29, 0.717) is 19.4 Å². The Balaban J connectivity index is 1.94. The van der Waals surface area contributed by atoms with Crippen LogP contribution in [0.2, 0.25) is 0 Å². The summed E-state index contributed by atoms with van der Waals surface area (Å²) in [7, 11) is 0. The molecule has 1 aliphatic rings. The molecular weight excluding hydrogens is 299 g/mol. The van der Waals surface area contributed by atoms with Crippen molar-refractivity contribution >= 4 is 17.6 Å². The number of anilines is 1. The van der Waals surface area contributed by atoms with E-state index in [1.54, 1.807) is 17.0 Å². The standard InChI is InChI=1S/C17H23FN2O3/c1-11(2)7-16(21)20-10-13(18)8-15(20)9-19-14-5-3-12(4-6-14)17(22)23/h3-6,11,13,15,19H,7-10H2,1-2H3,(H,22,23)/t13-,15-/m0/s1. The van der Waals surface area contributed by atoms with E-state index in [-0.39, 0.29) is 30.0 Å². The molecule has 0 aliphatic carbocycles. The zero-order valence-corrected chi connectivity index (χ0v) is 13.5. The van der Waals surface area contributed by atoms with Gasteiger partial charge in [-0.15, -0.1) is 0 Å². The molecule has 0 spiro atoms.